The monoisotopic (exact) mass is 345 g/mol. The van der Waals surface area contributed by atoms with Crippen molar-refractivity contribution < 1.29 is 19.4 Å². The molecule has 25 heavy (non-hydrogen) atoms. The number of benzene rings is 1. The first-order valence-electron chi connectivity index (χ1n) is 9.19. The number of para-hydroxylation sites is 1. The molecule has 2 aliphatic rings. The van der Waals surface area contributed by atoms with E-state index < -0.39 is 5.97 Å². The van der Waals surface area contributed by atoms with E-state index in [4.69, 9.17) is 9.84 Å². The Kier molecular flexibility index (Phi) is 5.02. The molecule has 1 heterocycles. The van der Waals surface area contributed by atoms with Crippen LogP contribution in [0.4, 0.5) is 0 Å². The minimum Gasteiger partial charge on any atom is -0.483 e. The van der Waals surface area contributed by atoms with Crippen molar-refractivity contribution in [3.05, 3.63) is 29.8 Å². The van der Waals surface area contributed by atoms with Crippen LogP contribution in [0.25, 0.3) is 0 Å². The number of ether oxygens (including phenoxy) is 1. The number of amides is 1. The van der Waals surface area contributed by atoms with E-state index in [1.807, 2.05) is 23.1 Å². The molecule has 0 bridgehead atoms. The van der Waals surface area contributed by atoms with Gasteiger partial charge in [-0.15, -0.1) is 0 Å². The quantitative estimate of drug-likeness (QED) is 0.859. The first-order chi connectivity index (χ1) is 12.0. The second-order valence-electron chi connectivity index (χ2n) is 7.47. The van der Waals surface area contributed by atoms with Gasteiger partial charge in [0.05, 0.1) is 5.92 Å². The average molecular weight is 345 g/mol. The summed E-state index contributed by atoms with van der Waals surface area (Å²) in [6, 6.07) is 7.89. The second-order valence-corrected chi connectivity index (χ2v) is 7.47. The molecule has 1 N–H and O–H groups in total. The van der Waals surface area contributed by atoms with Gasteiger partial charge >= 0.3 is 5.97 Å². The van der Waals surface area contributed by atoms with Crippen LogP contribution >= 0.6 is 0 Å². The molecule has 136 valence electrons. The van der Waals surface area contributed by atoms with Gasteiger partial charge in [0.15, 0.2) is 6.61 Å². The number of hydrogen-bond acceptors (Lipinski definition) is 3. The van der Waals surface area contributed by atoms with E-state index in [0.29, 0.717) is 19.0 Å². The highest BCUT2D eigenvalue weighted by atomic mass is 16.5. The predicted octanol–water partition coefficient (Wildman–Crippen LogP) is 3.29. The van der Waals surface area contributed by atoms with Gasteiger partial charge in [0.2, 0.25) is 0 Å². The van der Waals surface area contributed by atoms with Crippen LogP contribution < -0.4 is 4.74 Å². The van der Waals surface area contributed by atoms with Crippen molar-refractivity contribution in [2.75, 3.05) is 19.7 Å². The van der Waals surface area contributed by atoms with Crippen LogP contribution in [0.2, 0.25) is 0 Å². The Morgan fingerprint density at radius 2 is 2.00 bits per heavy atom. The lowest BCUT2D eigenvalue weighted by atomic mass is 9.91. The van der Waals surface area contributed by atoms with Crippen molar-refractivity contribution in [3.63, 3.8) is 0 Å². The number of likely N-dealkylation sites (tertiary alicyclic amines) is 1. The van der Waals surface area contributed by atoms with Crippen LogP contribution in [0.1, 0.15) is 51.0 Å². The Bertz CT molecular complexity index is 649. The zero-order valence-electron chi connectivity index (χ0n) is 15.0. The van der Waals surface area contributed by atoms with Crippen molar-refractivity contribution in [1.82, 2.24) is 4.90 Å². The van der Waals surface area contributed by atoms with Crippen molar-refractivity contribution >= 4 is 11.9 Å². The van der Waals surface area contributed by atoms with E-state index in [-0.39, 0.29) is 23.8 Å². The molecular formula is C20H27NO4. The molecule has 2 fully saturated rings. The molecule has 1 saturated carbocycles. The third-order valence-electron chi connectivity index (χ3n) is 6.01. The van der Waals surface area contributed by atoms with Gasteiger partial charge in [0.1, 0.15) is 5.75 Å². The molecular weight excluding hydrogens is 318 g/mol. The number of rotatable bonds is 6. The number of aliphatic carboxylic acids is 1. The van der Waals surface area contributed by atoms with E-state index in [1.165, 1.54) is 0 Å². The van der Waals surface area contributed by atoms with Gasteiger partial charge in [0.25, 0.3) is 5.91 Å². The normalized spacial score (nSPS) is 22.5. The minimum absolute atomic E-state index is 0.0127. The first-order valence-corrected chi connectivity index (χ1v) is 9.19. The maximum atomic E-state index is 12.5. The molecule has 1 aromatic rings. The molecule has 1 aliphatic carbocycles. The highest BCUT2D eigenvalue weighted by Gasteiger charge is 2.59. The molecule has 1 aliphatic heterocycles. The van der Waals surface area contributed by atoms with Crippen LogP contribution in [-0.4, -0.2) is 41.6 Å². The van der Waals surface area contributed by atoms with Crippen LogP contribution in [0.15, 0.2) is 24.3 Å². The third kappa shape index (κ3) is 3.65. The summed E-state index contributed by atoms with van der Waals surface area (Å²) < 4.78 is 5.82. The van der Waals surface area contributed by atoms with Crippen LogP contribution in [0.5, 0.6) is 5.75 Å². The van der Waals surface area contributed by atoms with Crippen molar-refractivity contribution in [1.29, 1.82) is 0 Å². The Morgan fingerprint density at radius 1 is 1.32 bits per heavy atom. The molecule has 1 spiro atoms. The van der Waals surface area contributed by atoms with E-state index in [9.17, 15) is 9.59 Å². The molecule has 1 aromatic carbocycles. The average Bonchev–Trinajstić information content (AvgIpc) is 3.33. The molecule has 0 aromatic heterocycles. The van der Waals surface area contributed by atoms with E-state index >= 15 is 0 Å². The summed E-state index contributed by atoms with van der Waals surface area (Å²) in [4.78, 5) is 25.4. The first kappa shape index (κ1) is 17.8. The lowest BCUT2D eigenvalue weighted by Crippen LogP contribution is -2.42. The predicted molar refractivity (Wildman–Crippen MR) is 94.6 cm³/mol. The molecule has 3 rings (SSSR count). The van der Waals surface area contributed by atoms with Crippen molar-refractivity contribution in [2.24, 2.45) is 11.3 Å². The number of piperidine rings is 1. The van der Waals surface area contributed by atoms with E-state index in [1.54, 1.807) is 0 Å². The van der Waals surface area contributed by atoms with Gasteiger partial charge in [-0.2, -0.15) is 0 Å². The number of hydrogen-bond donors (Lipinski definition) is 1. The Labute approximate surface area is 149 Å². The van der Waals surface area contributed by atoms with E-state index in [2.05, 4.69) is 19.9 Å². The molecule has 1 saturated heterocycles. The Hall–Kier alpha value is -2.04. The standard InChI is InChI=1S/C20H27NO4/c1-3-14(2)15-6-4-5-7-17(15)25-13-18(22)21-10-8-20(9-11-21)12-16(20)19(23)24/h4-7,14,16H,3,8-13H2,1-2H3,(H,23,24). The summed E-state index contributed by atoms with van der Waals surface area (Å²) in [7, 11) is 0. The molecule has 1 amide bonds. The van der Waals surface area contributed by atoms with Gasteiger partial charge in [-0.05, 0) is 48.6 Å². The van der Waals surface area contributed by atoms with Gasteiger partial charge in [0, 0.05) is 13.1 Å². The smallest absolute Gasteiger partial charge is 0.307 e. The summed E-state index contributed by atoms with van der Waals surface area (Å²) in [5.74, 6) is 0.269. The highest BCUT2D eigenvalue weighted by Crippen LogP contribution is 2.59. The minimum atomic E-state index is -0.690. The number of carbonyl (C=O) groups is 2. The number of carboxylic acid groups (broad SMARTS) is 1. The summed E-state index contributed by atoms with van der Waals surface area (Å²) in [6.45, 7) is 5.61. The van der Waals surface area contributed by atoms with Gasteiger partial charge in [-0.1, -0.05) is 32.0 Å². The van der Waals surface area contributed by atoms with Gasteiger partial charge in [-0.25, -0.2) is 0 Å². The summed E-state index contributed by atoms with van der Waals surface area (Å²) >= 11 is 0. The van der Waals surface area contributed by atoms with Gasteiger partial charge < -0.3 is 14.7 Å². The zero-order chi connectivity index (χ0) is 18.0. The summed E-state index contributed by atoms with van der Waals surface area (Å²) in [5, 5.41) is 9.15. The maximum Gasteiger partial charge on any atom is 0.307 e. The zero-order valence-corrected chi connectivity index (χ0v) is 15.0. The fraction of sp³-hybridized carbons (Fsp3) is 0.600. The van der Waals surface area contributed by atoms with E-state index in [0.717, 1.165) is 37.0 Å². The largest absolute Gasteiger partial charge is 0.483 e. The summed E-state index contributed by atoms with van der Waals surface area (Å²) in [6.07, 6.45) is 3.37. The fourth-order valence-corrected chi connectivity index (χ4v) is 3.92. The second kappa shape index (κ2) is 7.06. The Balaban J connectivity index is 1.52. The van der Waals surface area contributed by atoms with Crippen LogP contribution in [-0.2, 0) is 9.59 Å². The van der Waals surface area contributed by atoms with Gasteiger partial charge in [-0.3, -0.25) is 9.59 Å². The van der Waals surface area contributed by atoms with Crippen molar-refractivity contribution in [2.45, 2.75) is 45.4 Å². The molecule has 0 radical (unpaired) electrons. The maximum absolute atomic E-state index is 12.5. The topological polar surface area (TPSA) is 66.8 Å². The number of carbonyl (C=O) groups excluding carboxylic acids is 1. The lowest BCUT2D eigenvalue weighted by Gasteiger charge is -2.32. The lowest BCUT2D eigenvalue weighted by molar-refractivity contribution is -0.140. The van der Waals surface area contributed by atoms with Crippen LogP contribution in [0, 0.1) is 11.3 Å². The molecule has 2 atom stereocenters. The third-order valence-corrected chi connectivity index (χ3v) is 6.01. The molecule has 2 unspecified atom stereocenters. The highest BCUT2D eigenvalue weighted by molar-refractivity contribution is 5.78. The molecule has 5 heteroatoms. The van der Waals surface area contributed by atoms with Crippen LogP contribution in [0.3, 0.4) is 0 Å². The number of nitrogens with zero attached hydrogens (tertiary/aromatic N) is 1. The fourth-order valence-electron chi connectivity index (χ4n) is 3.92. The molecule has 5 nitrogen and oxygen atoms in total. The SMILES string of the molecule is CCC(C)c1ccccc1OCC(=O)N1CCC2(CC1)CC2C(=O)O. The van der Waals surface area contributed by atoms with Crippen molar-refractivity contribution in [3.8, 4) is 5.75 Å². The number of carboxylic acids is 1. The Morgan fingerprint density at radius 3 is 2.60 bits per heavy atom. The summed E-state index contributed by atoms with van der Waals surface area (Å²) in [5.41, 5.74) is 1.09.